The number of rotatable bonds is 9. The smallest absolute Gasteiger partial charge is 0.255 e. The monoisotopic (exact) mass is 475 g/mol. The quantitative estimate of drug-likeness (QED) is 0.580. The van der Waals surface area contributed by atoms with Gasteiger partial charge in [-0.3, -0.25) is 9.59 Å². The van der Waals surface area contributed by atoms with E-state index in [1.165, 1.54) is 28.6 Å². The van der Waals surface area contributed by atoms with Gasteiger partial charge in [-0.25, -0.2) is 17.1 Å². The van der Waals surface area contributed by atoms with Crippen LogP contribution in [0, 0.1) is 11.7 Å². The zero-order valence-electron chi connectivity index (χ0n) is 18.7. The number of nitrogens with one attached hydrogen (secondary N) is 2. The highest BCUT2D eigenvalue weighted by atomic mass is 32.2. The number of benzene rings is 2. The van der Waals surface area contributed by atoms with Crippen LogP contribution in [0.1, 0.15) is 48.5 Å². The first-order valence-corrected chi connectivity index (χ1v) is 12.8. The highest BCUT2D eigenvalue weighted by molar-refractivity contribution is 7.89. The standard InChI is InChI=1S/C24H30FN3O4S/c1-2-3-14-33(31,32)28-12-10-19(11-13-28)23(29)26-17-18-6-4-9-22(15-18)27-24(30)20-7-5-8-21(25)16-20/h4-9,15-16,19H,2-3,10-14,17H2,1H3,(H,26,29)(H,27,30). The molecule has 1 fully saturated rings. The first-order valence-electron chi connectivity index (χ1n) is 11.2. The molecule has 178 valence electrons. The Kier molecular flexibility index (Phi) is 8.57. The summed E-state index contributed by atoms with van der Waals surface area (Å²) in [5.41, 5.74) is 1.57. The second kappa shape index (κ2) is 11.4. The Balaban J connectivity index is 1.49. The Hall–Kier alpha value is -2.78. The first-order chi connectivity index (χ1) is 15.8. The molecule has 0 aliphatic carbocycles. The molecule has 1 aliphatic heterocycles. The number of piperidine rings is 1. The van der Waals surface area contributed by atoms with E-state index in [4.69, 9.17) is 0 Å². The zero-order chi connectivity index (χ0) is 23.8. The van der Waals surface area contributed by atoms with Gasteiger partial charge in [0.05, 0.1) is 5.75 Å². The third-order valence-electron chi connectivity index (χ3n) is 5.71. The summed E-state index contributed by atoms with van der Waals surface area (Å²) in [5.74, 6) is -1.07. The van der Waals surface area contributed by atoms with Crippen molar-refractivity contribution in [2.24, 2.45) is 5.92 Å². The van der Waals surface area contributed by atoms with E-state index in [9.17, 15) is 22.4 Å². The summed E-state index contributed by atoms with van der Waals surface area (Å²) in [7, 11) is -3.24. The van der Waals surface area contributed by atoms with Crippen molar-refractivity contribution in [3.05, 3.63) is 65.5 Å². The lowest BCUT2D eigenvalue weighted by molar-refractivity contribution is -0.126. The number of halogens is 1. The van der Waals surface area contributed by atoms with Crippen LogP contribution >= 0.6 is 0 Å². The fourth-order valence-electron chi connectivity index (χ4n) is 3.78. The lowest BCUT2D eigenvalue weighted by Gasteiger charge is -2.30. The maximum atomic E-state index is 13.3. The van der Waals surface area contributed by atoms with Gasteiger partial charge in [0.1, 0.15) is 5.82 Å². The number of amides is 2. The van der Waals surface area contributed by atoms with Gasteiger partial charge in [0.15, 0.2) is 0 Å². The van der Waals surface area contributed by atoms with E-state index in [1.54, 1.807) is 18.2 Å². The maximum Gasteiger partial charge on any atom is 0.255 e. The van der Waals surface area contributed by atoms with Crippen LogP contribution in [0.2, 0.25) is 0 Å². The highest BCUT2D eigenvalue weighted by Gasteiger charge is 2.30. The Labute approximate surface area is 194 Å². The number of carbonyl (C=O) groups is 2. The Morgan fingerprint density at radius 1 is 1.09 bits per heavy atom. The number of hydrogen-bond donors (Lipinski definition) is 2. The minimum absolute atomic E-state index is 0.102. The van der Waals surface area contributed by atoms with Gasteiger partial charge in [-0.15, -0.1) is 0 Å². The molecule has 2 amide bonds. The van der Waals surface area contributed by atoms with E-state index in [0.29, 0.717) is 38.0 Å². The van der Waals surface area contributed by atoms with Crippen molar-refractivity contribution in [3.8, 4) is 0 Å². The molecule has 2 N–H and O–H groups in total. The van der Waals surface area contributed by atoms with E-state index < -0.39 is 21.7 Å². The lowest BCUT2D eigenvalue weighted by atomic mass is 9.97. The van der Waals surface area contributed by atoms with E-state index in [-0.39, 0.29) is 29.7 Å². The molecule has 0 aromatic heterocycles. The van der Waals surface area contributed by atoms with Crippen LogP contribution in [0.5, 0.6) is 0 Å². The molecule has 0 spiro atoms. The van der Waals surface area contributed by atoms with Gasteiger partial charge in [-0.2, -0.15) is 0 Å². The summed E-state index contributed by atoms with van der Waals surface area (Å²) < 4.78 is 39.5. The fourth-order valence-corrected chi connectivity index (χ4v) is 5.46. The van der Waals surface area contributed by atoms with Gasteiger partial charge in [-0.05, 0) is 55.2 Å². The third kappa shape index (κ3) is 7.10. The van der Waals surface area contributed by atoms with Crippen LogP contribution in [0.4, 0.5) is 10.1 Å². The molecule has 1 saturated heterocycles. The summed E-state index contributed by atoms with van der Waals surface area (Å²) in [5, 5.41) is 5.64. The molecule has 0 radical (unpaired) electrons. The van der Waals surface area contributed by atoms with Crippen LogP contribution in [-0.2, 0) is 21.4 Å². The van der Waals surface area contributed by atoms with Crippen LogP contribution < -0.4 is 10.6 Å². The molecule has 3 rings (SSSR count). The number of nitrogens with zero attached hydrogens (tertiary/aromatic N) is 1. The normalized spacial score (nSPS) is 15.2. The average molecular weight is 476 g/mol. The number of sulfonamides is 1. The lowest BCUT2D eigenvalue weighted by Crippen LogP contribution is -2.43. The molecule has 0 unspecified atom stereocenters. The number of hydrogen-bond acceptors (Lipinski definition) is 4. The van der Waals surface area contributed by atoms with Crippen molar-refractivity contribution in [1.29, 1.82) is 0 Å². The molecule has 0 atom stereocenters. The van der Waals surface area contributed by atoms with Gasteiger partial charge < -0.3 is 10.6 Å². The Morgan fingerprint density at radius 3 is 2.52 bits per heavy atom. The summed E-state index contributed by atoms with van der Waals surface area (Å²) in [6, 6.07) is 12.5. The number of unbranched alkanes of at least 4 members (excludes halogenated alkanes) is 1. The van der Waals surface area contributed by atoms with Gasteiger partial charge in [0, 0.05) is 36.8 Å². The Bertz CT molecular complexity index is 1080. The molecule has 2 aromatic carbocycles. The molecule has 33 heavy (non-hydrogen) atoms. The van der Waals surface area contributed by atoms with E-state index in [1.807, 2.05) is 13.0 Å². The zero-order valence-corrected chi connectivity index (χ0v) is 19.5. The average Bonchev–Trinajstić information content (AvgIpc) is 2.81. The van der Waals surface area contributed by atoms with Crippen molar-refractivity contribution in [2.45, 2.75) is 39.2 Å². The first kappa shape index (κ1) is 24.9. The molecular weight excluding hydrogens is 445 g/mol. The SMILES string of the molecule is CCCCS(=O)(=O)N1CCC(C(=O)NCc2cccc(NC(=O)c3cccc(F)c3)c2)CC1. The third-order valence-corrected chi connectivity index (χ3v) is 7.67. The second-order valence-electron chi connectivity index (χ2n) is 8.23. The van der Waals surface area contributed by atoms with Gasteiger partial charge in [0.25, 0.3) is 5.91 Å². The van der Waals surface area contributed by atoms with Crippen LogP contribution in [-0.4, -0.2) is 43.4 Å². The number of anilines is 1. The molecule has 9 heteroatoms. The van der Waals surface area contributed by atoms with Crippen LogP contribution in [0.25, 0.3) is 0 Å². The topological polar surface area (TPSA) is 95.6 Å². The maximum absolute atomic E-state index is 13.3. The van der Waals surface area contributed by atoms with Crippen LogP contribution in [0.3, 0.4) is 0 Å². The number of carbonyl (C=O) groups excluding carboxylic acids is 2. The fraction of sp³-hybridized carbons (Fsp3) is 0.417. The summed E-state index contributed by atoms with van der Waals surface area (Å²) >= 11 is 0. The summed E-state index contributed by atoms with van der Waals surface area (Å²) in [6.07, 6.45) is 2.47. The van der Waals surface area contributed by atoms with Crippen molar-refractivity contribution in [3.63, 3.8) is 0 Å². The predicted molar refractivity (Wildman–Crippen MR) is 126 cm³/mol. The molecular formula is C24H30FN3O4S. The van der Waals surface area contributed by atoms with Gasteiger partial charge in [0.2, 0.25) is 15.9 Å². The van der Waals surface area contributed by atoms with Crippen LogP contribution in [0.15, 0.2) is 48.5 Å². The van der Waals surface area contributed by atoms with Gasteiger partial charge in [-0.1, -0.05) is 31.5 Å². The van der Waals surface area contributed by atoms with E-state index in [2.05, 4.69) is 10.6 Å². The largest absolute Gasteiger partial charge is 0.352 e. The van der Waals surface area contributed by atoms with E-state index >= 15 is 0 Å². The molecule has 2 aromatic rings. The minimum atomic E-state index is -3.24. The van der Waals surface area contributed by atoms with Crippen molar-refractivity contribution < 1.29 is 22.4 Å². The summed E-state index contributed by atoms with van der Waals surface area (Å²) in [6.45, 7) is 2.98. The highest BCUT2D eigenvalue weighted by Crippen LogP contribution is 2.21. The molecule has 1 aliphatic rings. The van der Waals surface area contributed by atoms with E-state index in [0.717, 1.165) is 12.0 Å². The van der Waals surface area contributed by atoms with Crippen molar-refractivity contribution in [2.75, 3.05) is 24.2 Å². The Morgan fingerprint density at radius 2 is 1.82 bits per heavy atom. The molecule has 0 saturated carbocycles. The second-order valence-corrected chi connectivity index (χ2v) is 10.3. The minimum Gasteiger partial charge on any atom is -0.352 e. The molecule has 7 nitrogen and oxygen atoms in total. The van der Waals surface area contributed by atoms with Crippen molar-refractivity contribution >= 4 is 27.5 Å². The molecule has 1 heterocycles. The molecule has 0 bridgehead atoms. The van der Waals surface area contributed by atoms with Crippen molar-refractivity contribution in [1.82, 2.24) is 9.62 Å². The van der Waals surface area contributed by atoms with Gasteiger partial charge >= 0.3 is 0 Å². The predicted octanol–water partition coefficient (Wildman–Crippen LogP) is 3.54. The summed E-state index contributed by atoms with van der Waals surface area (Å²) in [4.78, 5) is 24.9.